The van der Waals surface area contributed by atoms with Crippen LogP contribution >= 0.6 is 15.9 Å². The first-order chi connectivity index (χ1) is 9.01. The molecule has 0 saturated heterocycles. The highest BCUT2D eigenvalue weighted by Crippen LogP contribution is 2.29. The lowest BCUT2D eigenvalue weighted by atomic mass is 10.1. The van der Waals surface area contributed by atoms with Crippen LogP contribution in [0.15, 0.2) is 22.7 Å². The highest BCUT2D eigenvalue weighted by Gasteiger charge is 2.14. The first-order valence-corrected chi connectivity index (χ1v) is 8.04. The van der Waals surface area contributed by atoms with E-state index in [1.165, 1.54) is 18.5 Å². The molecule has 0 aromatic heterocycles. The summed E-state index contributed by atoms with van der Waals surface area (Å²) in [7, 11) is 0. The molecule has 0 spiro atoms. The Morgan fingerprint density at radius 3 is 2.42 bits per heavy atom. The van der Waals surface area contributed by atoms with Crippen LogP contribution in [-0.2, 0) is 0 Å². The van der Waals surface area contributed by atoms with Crippen molar-refractivity contribution in [2.75, 3.05) is 11.4 Å². The van der Waals surface area contributed by atoms with Gasteiger partial charge in [-0.2, -0.15) is 0 Å². The quantitative estimate of drug-likeness (QED) is 0.769. The molecule has 2 nitrogen and oxygen atoms in total. The number of hydrogen-bond donors (Lipinski definition) is 1. The van der Waals surface area contributed by atoms with Crippen molar-refractivity contribution in [3.05, 3.63) is 28.2 Å². The van der Waals surface area contributed by atoms with Gasteiger partial charge in [0.15, 0.2) is 0 Å². The van der Waals surface area contributed by atoms with Gasteiger partial charge in [0.25, 0.3) is 0 Å². The Labute approximate surface area is 126 Å². The van der Waals surface area contributed by atoms with Gasteiger partial charge >= 0.3 is 0 Å². The molecule has 0 aliphatic rings. The van der Waals surface area contributed by atoms with Crippen LogP contribution < -0.4 is 4.90 Å². The Bertz CT molecular complexity index is 392. The van der Waals surface area contributed by atoms with E-state index in [0.29, 0.717) is 6.04 Å². The van der Waals surface area contributed by atoms with E-state index in [1.807, 2.05) is 6.07 Å². The maximum atomic E-state index is 9.69. The number of hydrogen-bond acceptors (Lipinski definition) is 2. The molecule has 0 aliphatic carbocycles. The molecule has 1 N–H and O–H groups in total. The number of anilines is 1. The molecule has 0 fully saturated rings. The van der Waals surface area contributed by atoms with Gasteiger partial charge in [-0.15, -0.1) is 0 Å². The summed E-state index contributed by atoms with van der Waals surface area (Å²) in [5, 5.41) is 9.69. The lowest BCUT2D eigenvalue weighted by Crippen LogP contribution is -2.33. The average Bonchev–Trinajstić information content (AvgIpc) is 2.38. The minimum absolute atomic E-state index is 0.434. The van der Waals surface area contributed by atoms with Crippen molar-refractivity contribution in [2.24, 2.45) is 0 Å². The Morgan fingerprint density at radius 2 is 1.95 bits per heavy atom. The summed E-state index contributed by atoms with van der Waals surface area (Å²) in [5.74, 6) is 0. The predicted octanol–water partition coefficient (Wildman–Crippen LogP) is 4.91. The Morgan fingerprint density at radius 1 is 1.26 bits per heavy atom. The normalized spacial score (nSPS) is 14.2. The summed E-state index contributed by atoms with van der Waals surface area (Å²) < 4.78 is 0.991. The highest BCUT2D eigenvalue weighted by molar-refractivity contribution is 9.10. The summed E-state index contributed by atoms with van der Waals surface area (Å²) >= 11 is 3.57. The Hall–Kier alpha value is -0.540. The van der Waals surface area contributed by atoms with Gasteiger partial charge in [0.05, 0.1) is 6.10 Å². The van der Waals surface area contributed by atoms with Crippen molar-refractivity contribution in [3.63, 3.8) is 0 Å². The van der Waals surface area contributed by atoms with Crippen LogP contribution in [0.1, 0.15) is 58.6 Å². The fraction of sp³-hybridized carbons (Fsp3) is 0.625. The first-order valence-electron chi connectivity index (χ1n) is 7.25. The zero-order chi connectivity index (χ0) is 14.4. The van der Waals surface area contributed by atoms with E-state index in [9.17, 15) is 5.11 Å². The van der Waals surface area contributed by atoms with Gasteiger partial charge in [-0.25, -0.2) is 0 Å². The van der Waals surface area contributed by atoms with E-state index in [2.05, 4.69) is 53.7 Å². The third kappa shape index (κ3) is 4.50. The second-order valence-electron chi connectivity index (χ2n) is 5.19. The van der Waals surface area contributed by atoms with Crippen molar-refractivity contribution in [3.8, 4) is 0 Å². The second kappa shape index (κ2) is 7.91. The molecule has 1 aromatic carbocycles. The zero-order valence-corrected chi connectivity index (χ0v) is 14.1. The molecule has 2 atom stereocenters. The van der Waals surface area contributed by atoms with Gasteiger partial charge in [0.1, 0.15) is 0 Å². The number of nitrogens with zero attached hydrogens (tertiary/aromatic N) is 1. The SMILES string of the molecule is CCCCN(c1ccc(C(C)O)c(Br)c1)C(C)CC. The average molecular weight is 328 g/mol. The molecule has 3 heteroatoms. The molecular formula is C16H26BrNO. The van der Waals surface area contributed by atoms with Gasteiger partial charge in [0.2, 0.25) is 0 Å². The van der Waals surface area contributed by atoms with E-state index in [1.54, 1.807) is 6.92 Å². The third-order valence-electron chi connectivity index (χ3n) is 3.64. The highest BCUT2D eigenvalue weighted by atomic mass is 79.9. The van der Waals surface area contributed by atoms with E-state index in [0.717, 1.165) is 23.0 Å². The number of aliphatic hydroxyl groups excluding tert-OH is 1. The third-order valence-corrected chi connectivity index (χ3v) is 4.33. The molecule has 0 bridgehead atoms. The number of unbranched alkanes of at least 4 members (excludes halogenated alkanes) is 1. The summed E-state index contributed by atoms with van der Waals surface area (Å²) in [6.45, 7) is 9.60. The number of halogens is 1. The van der Waals surface area contributed by atoms with Crippen LogP contribution in [0.2, 0.25) is 0 Å². The van der Waals surface area contributed by atoms with Gasteiger partial charge < -0.3 is 10.0 Å². The van der Waals surface area contributed by atoms with Gasteiger partial charge in [-0.05, 0) is 44.4 Å². The van der Waals surface area contributed by atoms with Crippen LogP contribution in [0.4, 0.5) is 5.69 Å². The minimum Gasteiger partial charge on any atom is -0.389 e. The van der Waals surface area contributed by atoms with Gasteiger partial charge in [-0.1, -0.05) is 42.3 Å². The van der Waals surface area contributed by atoms with Crippen LogP contribution in [0.25, 0.3) is 0 Å². The van der Waals surface area contributed by atoms with Crippen molar-refractivity contribution < 1.29 is 5.11 Å². The molecular weight excluding hydrogens is 302 g/mol. The van der Waals surface area contributed by atoms with Crippen molar-refractivity contribution in [1.29, 1.82) is 0 Å². The molecule has 0 radical (unpaired) electrons. The fourth-order valence-corrected chi connectivity index (χ4v) is 2.88. The van der Waals surface area contributed by atoms with Crippen LogP contribution in [-0.4, -0.2) is 17.7 Å². The Balaban J connectivity index is 2.99. The zero-order valence-electron chi connectivity index (χ0n) is 12.5. The van der Waals surface area contributed by atoms with Crippen molar-refractivity contribution in [1.82, 2.24) is 0 Å². The van der Waals surface area contributed by atoms with Gasteiger partial charge in [0, 0.05) is 22.7 Å². The van der Waals surface area contributed by atoms with E-state index in [-0.39, 0.29) is 0 Å². The molecule has 0 saturated carbocycles. The summed E-state index contributed by atoms with van der Waals surface area (Å²) in [6, 6.07) is 6.81. The standard InChI is InChI=1S/C16H26BrNO/c1-5-7-10-18(12(3)6-2)14-8-9-15(13(4)19)16(17)11-14/h8-9,11-13,19H,5-7,10H2,1-4H3. The molecule has 19 heavy (non-hydrogen) atoms. The van der Waals surface area contributed by atoms with E-state index in [4.69, 9.17) is 0 Å². The van der Waals surface area contributed by atoms with Crippen molar-refractivity contribution >= 4 is 21.6 Å². The largest absolute Gasteiger partial charge is 0.389 e. The summed E-state index contributed by atoms with van der Waals surface area (Å²) in [5.41, 5.74) is 2.18. The first kappa shape index (κ1) is 16.5. The Kier molecular flexibility index (Phi) is 6.87. The fourth-order valence-electron chi connectivity index (χ4n) is 2.19. The maximum absolute atomic E-state index is 9.69. The number of aliphatic hydroxyl groups is 1. The van der Waals surface area contributed by atoms with Crippen molar-refractivity contribution in [2.45, 2.75) is 59.1 Å². The smallest absolute Gasteiger partial charge is 0.0772 e. The number of benzene rings is 1. The lowest BCUT2D eigenvalue weighted by molar-refractivity contribution is 0.198. The van der Waals surface area contributed by atoms with E-state index >= 15 is 0 Å². The number of rotatable bonds is 7. The van der Waals surface area contributed by atoms with Crippen LogP contribution in [0.5, 0.6) is 0 Å². The minimum atomic E-state index is -0.434. The molecule has 2 unspecified atom stereocenters. The molecule has 0 aliphatic heterocycles. The monoisotopic (exact) mass is 327 g/mol. The summed E-state index contributed by atoms with van der Waals surface area (Å²) in [4.78, 5) is 2.46. The molecule has 0 amide bonds. The van der Waals surface area contributed by atoms with Crippen LogP contribution in [0.3, 0.4) is 0 Å². The van der Waals surface area contributed by atoms with Gasteiger partial charge in [-0.3, -0.25) is 0 Å². The second-order valence-corrected chi connectivity index (χ2v) is 6.04. The molecule has 0 heterocycles. The van der Waals surface area contributed by atoms with Crippen LogP contribution in [0, 0.1) is 0 Å². The predicted molar refractivity (Wildman–Crippen MR) is 86.8 cm³/mol. The maximum Gasteiger partial charge on any atom is 0.0772 e. The molecule has 108 valence electrons. The molecule has 1 aromatic rings. The molecule has 1 rings (SSSR count). The lowest BCUT2D eigenvalue weighted by Gasteiger charge is -2.31. The summed E-state index contributed by atoms with van der Waals surface area (Å²) in [6.07, 6.45) is 3.12. The topological polar surface area (TPSA) is 23.5 Å². The van der Waals surface area contributed by atoms with E-state index < -0.39 is 6.10 Å².